The number of furan rings is 1. The molecule has 2 aromatic carbocycles. The molecule has 0 aliphatic heterocycles. The van der Waals surface area contributed by atoms with Gasteiger partial charge in [-0.1, -0.05) is 56.3 Å². The summed E-state index contributed by atoms with van der Waals surface area (Å²) in [5.41, 5.74) is 3.51. The van der Waals surface area contributed by atoms with E-state index in [2.05, 4.69) is 0 Å². The molecule has 0 bridgehead atoms. The Balaban J connectivity index is 2.32. The third-order valence-corrected chi connectivity index (χ3v) is 4.01. The molecule has 0 spiro atoms. The van der Waals surface area contributed by atoms with Crippen molar-refractivity contribution in [1.29, 1.82) is 0 Å². The quantitative estimate of drug-likeness (QED) is 0.417. The Morgan fingerprint density at radius 3 is 2.24 bits per heavy atom. The van der Waals surface area contributed by atoms with Crippen LogP contribution in [0.2, 0.25) is 0 Å². The normalized spacial score (nSPS) is 11.4. The summed E-state index contributed by atoms with van der Waals surface area (Å²) >= 11 is 0. The third kappa shape index (κ3) is 3.45. The summed E-state index contributed by atoms with van der Waals surface area (Å²) in [5.74, 6) is 1.38. The minimum absolute atomic E-state index is 0.142. The summed E-state index contributed by atoms with van der Waals surface area (Å²) in [5, 5.41) is 0. The molecular formula is C22H19FO2. The maximum Gasteiger partial charge on any atom is 0.142 e. The number of rotatable bonds is 5. The lowest BCUT2D eigenvalue weighted by Crippen LogP contribution is -1.89. The van der Waals surface area contributed by atoms with Gasteiger partial charge in [0.15, 0.2) is 0 Å². The van der Waals surface area contributed by atoms with Gasteiger partial charge in [-0.15, -0.1) is 0 Å². The fourth-order valence-corrected chi connectivity index (χ4v) is 2.89. The molecule has 3 rings (SSSR count). The molecule has 3 heteroatoms. The van der Waals surface area contributed by atoms with Crippen molar-refractivity contribution in [2.75, 3.05) is 0 Å². The van der Waals surface area contributed by atoms with E-state index in [0.717, 1.165) is 40.1 Å². The van der Waals surface area contributed by atoms with Crippen molar-refractivity contribution < 1.29 is 13.6 Å². The summed E-state index contributed by atoms with van der Waals surface area (Å²) < 4.78 is 19.6. The number of benzene rings is 2. The van der Waals surface area contributed by atoms with Crippen LogP contribution in [0.5, 0.6) is 0 Å². The van der Waals surface area contributed by atoms with Crippen molar-refractivity contribution in [2.45, 2.75) is 19.8 Å². The van der Waals surface area contributed by atoms with Crippen LogP contribution < -0.4 is 0 Å². The molecule has 2 nitrogen and oxygen atoms in total. The predicted molar refractivity (Wildman–Crippen MR) is 98.7 cm³/mol. The minimum atomic E-state index is -0.289. The Hall–Kier alpha value is -2.94. The summed E-state index contributed by atoms with van der Waals surface area (Å²) in [4.78, 5) is 10.9. The highest BCUT2D eigenvalue weighted by atomic mass is 19.1. The van der Waals surface area contributed by atoms with E-state index in [0.29, 0.717) is 0 Å². The van der Waals surface area contributed by atoms with Gasteiger partial charge in [0.25, 0.3) is 0 Å². The van der Waals surface area contributed by atoms with Crippen molar-refractivity contribution >= 4 is 12.4 Å². The van der Waals surface area contributed by atoms with E-state index in [4.69, 9.17) is 4.42 Å². The lowest BCUT2D eigenvalue weighted by molar-refractivity contribution is -0.104. The summed E-state index contributed by atoms with van der Waals surface area (Å²) in [6.07, 6.45) is 3.96. The van der Waals surface area contributed by atoms with E-state index >= 15 is 0 Å². The Kier molecular flexibility index (Phi) is 4.94. The molecule has 0 aliphatic rings. The molecule has 3 aromatic rings. The highest BCUT2D eigenvalue weighted by molar-refractivity contribution is 5.90. The van der Waals surface area contributed by atoms with Crippen LogP contribution in [0.25, 0.3) is 28.5 Å². The molecule has 0 fully saturated rings. The van der Waals surface area contributed by atoms with Gasteiger partial charge in [-0.2, -0.15) is 0 Å². The molecule has 0 amide bonds. The first-order valence-electron chi connectivity index (χ1n) is 8.21. The molecule has 126 valence electrons. The molecule has 0 atom stereocenters. The van der Waals surface area contributed by atoms with E-state index in [1.807, 2.05) is 44.2 Å². The Bertz CT molecular complexity index is 888. The van der Waals surface area contributed by atoms with E-state index in [-0.39, 0.29) is 11.7 Å². The molecule has 0 radical (unpaired) electrons. The Morgan fingerprint density at radius 1 is 0.960 bits per heavy atom. The van der Waals surface area contributed by atoms with Crippen LogP contribution in [0.4, 0.5) is 4.39 Å². The number of hydrogen-bond acceptors (Lipinski definition) is 2. The number of carbonyl (C=O) groups excluding carboxylic acids is 1. The van der Waals surface area contributed by atoms with Crippen molar-refractivity contribution in [3.63, 3.8) is 0 Å². The molecule has 0 unspecified atom stereocenters. The molecule has 0 saturated carbocycles. The van der Waals surface area contributed by atoms with Gasteiger partial charge in [-0.3, -0.25) is 4.79 Å². The monoisotopic (exact) mass is 334 g/mol. The largest absolute Gasteiger partial charge is 0.459 e. The lowest BCUT2D eigenvalue weighted by atomic mass is 9.94. The first kappa shape index (κ1) is 16.9. The lowest BCUT2D eigenvalue weighted by Gasteiger charge is -2.05. The fraction of sp³-hybridized carbons (Fsp3) is 0.136. The standard InChI is InChI=1S/C22H19FO2/c1-15(2)21-19(9-6-14-24)20(16-10-12-18(23)13-11-16)22(25-21)17-7-4-3-5-8-17/h3-15H,1-2H3. The fourth-order valence-electron chi connectivity index (χ4n) is 2.89. The van der Waals surface area contributed by atoms with Gasteiger partial charge < -0.3 is 4.42 Å². The van der Waals surface area contributed by atoms with E-state index < -0.39 is 0 Å². The SMILES string of the molecule is CC(C)c1oc(-c2ccccc2)c(-c2ccc(F)cc2)c1C=CC=O. The van der Waals surface area contributed by atoms with Crippen LogP contribution in [0, 0.1) is 5.82 Å². The highest BCUT2D eigenvalue weighted by Gasteiger charge is 2.22. The number of halogens is 1. The highest BCUT2D eigenvalue weighted by Crippen LogP contribution is 2.42. The Labute approximate surface area is 146 Å². The molecule has 25 heavy (non-hydrogen) atoms. The molecule has 0 saturated heterocycles. The summed E-state index contributed by atoms with van der Waals surface area (Å²) in [6.45, 7) is 4.08. The van der Waals surface area contributed by atoms with E-state index in [1.165, 1.54) is 18.2 Å². The zero-order valence-electron chi connectivity index (χ0n) is 14.2. The first-order valence-corrected chi connectivity index (χ1v) is 8.21. The maximum atomic E-state index is 13.4. The Morgan fingerprint density at radius 2 is 1.64 bits per heavy atom. The van der Waals surface area contributed by atoms with Gasteiger partial charge in [-0.05, 0) is 29.8 Å². The van der Waals surface area contributed by atoms with Gasteiger partial charge in [0.1, 0.15) is 23.6 Å². The van der Waals surface area contributed by atoms with Gasteiger partial charge in [0.05, 0.1) is 0 Å². The van der Waals surface area contributed by atoms with Crippen molar-refractivity contribution in [3.8, 4) is 22.5 Å². The molecule has 1 heterocycles. The number of allylic oxidation sites excluding steroid dienone is 1. The predicted octanol–water partition coefficient (Wildman–Crippen LogP) is 6.09. The van der Waals surface area contributed by atoms with Crippen molar-refractivity contribution in [2.24, 2.45) is 0 Å². The van der Waals surface area contributed by atoms with Gasteiger partial charge in [0, 0.05) is 22.6 Å². The zero-order valence-corrected chi connectivity index (χ0v) is 14.2. The smallest absolute Gasteiger partial charge is 0.142 e. The van der Waals surface area contributed by atoms with Crippen LogP contribution in [0.3, 0.4) is 0 Å². The zero-order chi connectivity index (χ0) is 17.8. The summed E-state index contributed by atoms with van der Waals surface area (Å²) in [6, 6.07) is 16.1. The number of hydrogen-bond donors (Lipinski definition) is 0. The second-order valence-electron chi connectivity index (χ2n) is 6.11. The average molecular weight is 334 g/mol. The summed E-state index contributed by atoms with van der Waals surface area (Å²) in [7, 11) is 0. The van der Waals surface area contributed by atoms with Crippen LogP contribution in [-0.2, 0) is 4.79 Å². The maximum absolute atomic E-state index is 13.4. The molecule has 0 aliphatic carbocycles. The second-order valence-corrected chi connectivity index (χ2v) is 6.11. The third-order valence-electron chi connectivity index (χ3n) is 4.01. The molecule has 0 N–H and O–H groups in total. The van der Waals surface area contributed by atoms with Crippen LogP contribution >= 0.6 is 0 Å². The average Bonchev–Trinajstić information content (AvgIpc) is 3.01. The van der Waals surface area contributed by atoms with Crippen LogP contribution in [0.15, 0.2) is 65.1 Å². The molecular weight excluding hydrogens is 315 g/mol. The van der Waals surface area contributed by atoms with Crippen LogP contribution in [-0.4, -0.2) is 6.29 Å². The van der Waals surface area contributed by atoms with Crippen molar-refractivity contribution in [3.05, 3.63) is 77.8 Å². The van der Waals surface area contributed by atoms with Gasteiger partial charge >= 0.3 is 0 Å². The topological polar surface area (TPSA) is 30.2 Å². The van der Waals surface area contributed by atoms with E-state index in [9.17, 15) is 9.18 Å². The second kappa shape index (κ2) is 7.31. The number of aldehydes is 1. The van der Waals surface area contributed by atoms with Gasteiger partial charge in [0.2, 0.25) is 0 Å². The van der Waals surface area contributed by atoms with E-state index in [1.54, 1.807) is 18.2 Å². The first-order chi connectivity index (χ1) is 12.1. The van der Waals surface area contributed by atoms with Crippen molar-refractivity contribution in [1.82, 2.24) is 0 Å². The van der Waals surface area contributed by atoms with Crippen LogP contribution in [0.1, 0.15) is 31.1 Å². The van der Waals surface area contributed by atoms with Gasteiger partial charge in [-0.25, -0.2) is 4.39 Å². The minimum Gasteiger partial charge on any atom is -0.459 e. The number of carbonyl (C=O) groups is 1. The molecule has 1 aromatic heterocycles.